The van der Waals surface area contributed by atoms with Gasteiger partial charge in [-0.15, -0.1) is 0 Å². The minimum Gasteiger partial charge on any atom is -0.490 e. The van der Waals surface area contributed by atoms with E-state index in [-0.39, 0.29) is 0 Å². The van der Waals surface area contributed by atoms with Crippen molar-refractivity contribution in [3.8, 4) is 11.5 Å². The van der Waals surface area contributed by atoms with E-state index in [0.29, 0.717) is 11.9 Å². The minimum atomic E-state index is 0.291. The van der Waals surface area contributed by atoms with Crippen molar-refractivity contribution in [2.24, 2.45) is 5.90 Å². The van der Waals surface area contributed by atoms with Gasteiger partial charge in [0.15, 0.2) is 0 Å². The first-order valence-corrected chi connectivity index (χ1v) is 4.93. The predicted molar refractivity (Wildman–Crippen MR) is 56.3 cm³/mol. The quantitative estimate of drug-likeness (QED) is 0.734. The molecule has 78 valence electrons. The molecule has 3 nitrogen and oxygen atoms in total. The molecule has 0 aliphatic rings. The predicted octanol–water partition coefficient (Wildman–Crippen LogP) is 2.51. The van der Waals surface area contributed by atoms with Crippen molar-refractivity contribution in [2.75, 3.05) is 0 Å². The van der Waals surface area contributed by atoms with Gasteiger partial charge in [-0.3, -0.25) is 0 Å². The van der Waals surface area contributed by atoms with Crippen LogP contribution in [0.3, 0.4) is 0 Å². The average molecular weight is 195 g/mol. The van der Waals surface area contributed by atoms with E-state index < -0.39 is 0 Å². The molecule has 1 aromatic rings. The fraction of sp³-hybridized carbons (Fsp3) is 0.455. The molecule has 0 aliphatic heterocycles. The first kappa shape index (κ1) is 10.9. The second-order valence-corrected chi connectivity index (χ2v) is 3.15. The molecule has 0 saturated carbocycles. The summed E-state index contributed by atoms with van der Waals surface area (Å²) in [5, 5.41) is 0. The molecular weight excluding hydrogens is 178 g/mol. The van der Waals surface area contributed by atoms with Crippen molar-refractivity contribution < 1.29 is 9.57 Å². The molecule has 0 aromatic heterocycles. The Morgan fingerprint density at radius 1 is 1.07 bits per heavy atom. The smallest absolute Gasteiger partial charge is 0.147 e. The molecule has 0 radical (unpaired) electrons. The van der Waals surface area contributed by atoms with Gasteiger partial charge in [-0.2, -0.15) is 5.90 Å². The minimum absolute atomic E-state index is 0.291. The fourth-order valence-electron chi connectivity index (χ4n) is 1.24. The fourth-order valence-corrected chi connectivity index (χ4v) is 1.24. The number of nitrogens with two attached hydrogens (primary N) is 1. The second-order valence-electron chi connectivity index (χ2n) is 3.15. The number of ether oxygens (including phenoxy) is 1. The van der Waals surface area contributed by atoms with Gasteiger partial charge < -0.3 is 9.57 Å². The van der Waals surface area contributed by atoms with E-state index >= 15 is 0 Å². The van der Waals surface area contributed by atoms with Gasteiger partial charge in [0.1, 0.15) is 11.5 Å². The molecule has 0 saturated heterocycles. The van der Waals surface area contributed by atoms with Crippen molar-refractivity contribution >= 4 is 0 Å². The highest BCUT2D eigenvalue weighted by Crippen LogP contribution is 2.19. The molecule has 1 rings (SSSR count). The Balaban J connectivity index is 2.58. The zero-order chi connectivity index (χ0) is 10.4. The van der Waals surface area contributed by atoms with E-state index in [1.807, 2.05) is 12.1 Å². The van der Waals surface area contributed by atoms with E-state index in [2.05, 4.69) is 18.7 Å². The van der Waals surface area contributed by atoms with Crippen molar-refractivity contribution in [2.45, 2.75) is 32.8 Å². The molecule has 3 heteroatoms. The Morgan fingerprint density at radius 2 is 1.57 bits per heavy atom. The molecule has 0 amide bonds. The average Bonchev–Trinajstić information content (AvgIpc) is 2.26. The summed E-state index contributed by atoms with van der Waals surface area (Å²) in [5.74, 6) is 6.51. The van der Waals surface area contributed by atoms with Gasteiger partial charge in [-0.05, 0) is 37.1 Å². The maximum atomic E-state index is 5.72. The van der Waals surface area contributed by atoms with Gasteiger partial charge in [0, 0.05) is 0 Å². The van der Waals surface area contributed by atoms with Gasteiger partial charge in [-0.1, -0.05) is 13.8 Å². The molecule has 0 unspecified atom stereocenters. The van der Waals surface area contributed by atoms with Crippen LogP contribution in [0.2, 0.25) is 0 Å². The zero-order valence-electron chi connectivity index (χ0n) is 8.69. The third kappa shape index (κ3) is 2.92. The van der Waals surface area contributed by atoms with E-state index in [1.54, 1.807) is 12.1 Å². The van der Waals surface area contributed by atoms with Crippen molar-refractivity contribution in [1.29, 1.82) is 0 Å². The highest BCUT2D eigenvalue weighted by Gasteiger charge is 2.04. The lowest BCUT2D eigenvalue weighted by atomic mass is 10.2. The van der Waals surface area contributed by atoms with Crippen LogP contribution in [0.1, 0.15) is 26.7 Å². The first-order chi connectivity index (χ1) is 6.80. The van der Waals surface area contributed by atoms with Gasteiger partial charge in [0.05, 0.1) is 6.10 Å². The molecule has 0 spiro atoms. The monoisotopic (exact) mass is 195 g/mol. The van der Waals surface area contributed by atoms with E-state index in [9.17, 15) is 0 Å². The van der Waals surface area contributed by atoms with Crippen LogP contribution in [0, 0.1) is 0 Å². The number of rotatable bonds is 5. The molecule has 2 N–H and O–H groups in total. The highest BCUT2D eigenvalue weighted by molar-refractivity contribution is 5.31. The van der Waals surface area contributed by atoms with Crippen LogP contribution in [0.15, 0.2) is 24.3 Å². The normalized spacial score (nSPS) is 10.3. The maximum absolute atomic E-state index is 5.72. The summed E-state index contributed by atoms with van der Waals surface area (Å²) in [5.41, 5.74) is 0. The highest BCUT2D eigenvalue weighted by atomic mass is 16.6. The summed E-state index contributed by atoms with van der Waals surface area (Å²) in [7, 11) is 0. The number of hydrogen-bond acceptors (Lipinski definition) is 3. The number of hydrogen-bond donors (Lipinski definition) is 1. The van der Waals surface area contributed by atoms with Gasteiger partial charge in [0.25, 0.3) is 0 Å². The third-order valence-corrected chi connectivity index (χ3v) is 2.17. The van der Waals surface area contributed by atoms with E-state index in [0.717, 1.165) is 18.6 Å². The standard InChI is InChI=1S/C11H17NO2/c1-3-9(4-2)13-10-5-7-11(14-12)8-6-10/h5-9H,3-4,12H2,1-2H3. The summed E-state index contributed by atoms with van der Waals surface area (Å²) < 4.78 is 5.72. The van der Waals surface area contributed by atoms with E-state index in [4.69, 9.17) is 10.6 Å². The molecular formula is C11H17NO2. The van der Waals surface area contributed by atoms with Crippen molar-refractivity contribution in [3.05, 3.63) is 24.3 Å². The van der Waals surface area contributed by atoms with Gasteiger partial charge in [-0.25, -0.2) is 0 Å². The van der Waals surface area contributed by atoms with Crippen LogP contribution in [-0.2, 0) is 0 Å². The second kappa shape index (κ2) is 5.50. The topological polar surface area (TPSA) is 44.5 Å². The summed E-state index contributed by atoms with van der Waals surface area (Å²) in [6.45, 7) is 4.23. The molecule has 1 aromatic carbocycles. The summed E-state index contributed by atoms with van der Waals surface area (Å²) in [6.07, 6.45) is 2.33. The summed E-state index contributed by atoms with van der Waals surface area (Å²) >= 11 is 0. The zero-order valence-corrected chi connectivity index (χ0v) is 8.69. The van der Waals surface area contributed by atoms with Crippen molar-refractivity contribution in [1.82, 2.24) is 0 Å². The largest absolute Gasteiger partial charge is 0.490 e. The maximum Gasteiger partial charge on any atom is 0.147 e. The lowest BCUT2D eigenvalue weighted by molar-refractivity contribution is 0.192. The van der Waals surface area contributed by atoms with E-state index in [1.165, 1.54) is 0 Å². The summed E-state index contributed by atoms with van der Waals surface area (Å²) in [6, 6.07) is 7.30. The molecule has 0 atom stereocenters. The van der Waals surface area contributed by atoms with Crippen LogP contribution < -0.4 is 15.5 Å². The Hall–Kier alpha value is -1.22. The number of benzene rings is 1. The first-order valence-electron chi connectivity index (χ1n) is 4.93. The Labute approximate surface area is 84.8 Å². The van der Waals surface area contributed by atoms with Crippen molar-refractivity contribution in [3.63, 3.8) is 0 Å². The molecule has 14 heavy (non-hydrogen) atoms. The van der Waals surface area contributed by atoms with Crippen LogP contribution in [0.5, 0.6) is 11.5 Å². The van der Waals surface area contributed by atoms with Crippen LogP contribution in [-0.4, -0.2) is 6.10 Å². The van der Waals surface area contributed by atoms with Crippen LogP contribution >= 0.6 is 0 Å². The van der Waals surface area contributed by atoms with Crippen LogP contribution in [0.25, 0.3) is 0 Å². The Kier molecular flexibility index (Phi) is 4.26. The van der Waals surface area contributed by atoms with Gasteiger partial charge in [0.2, 0.25) is 0 Å². The molecule has 0 fully saturated rings. The van der Waals surface area contributed by atoms with Gasteiger partial charge >= 0.3 is 0 Å². The summed E-state index contributed by atoms with van der Waals surface area (Å²) in [4.78, 5) is 4.57. The molecule has 0 heterocycles. The third-order valence-electron chi connectivity index (χ3n) is 2.17. The lowest BCUT2D eigenvalue weighted by Crippen LogP contribution is -2.13. The molecule has 0 bridgehead atoms. The lowest BCUT2D eigenvalue weighted by Gasteiger charge is -2.15. The Bertz CT molecular complexity index is 254. The van der Waals surface area contributed by atoms with Crippen LogP contribution in [0.4, 0.5) is 0 Å². The molecule has 0 aliphatic carbocycles. The Morgan fingerprint density at radius 3 is 2.00 bits per heavy atom. The SMILES string of the molecule is CCC(CC)Oc1ccc(ON)cc1.